The minimum Gasteiger partial charge on any atom is -0.463 e. The fourth-order valence-electron chi connectivity index (χ4n) is 1.96. The zero-order chi connectivity index (χ0) is 17.2. The highest BCUT2D eigenvalue weighted by Gasteiger charge is 2.02. The van der Waals surface area contributed by atoms with E-state index in [1.165, 1.54) is 11.0 Å². The Bertz CT molecular complexity index is 679. The fourth-order valence-corrected chi connectivity index (χ4v) is 2.67. The van der Waals surface area contributed by atoms with Gasteiger partial charge in [-0.3, -0.25) is 0 Å². The van der Waals surface area contributed by atoms with Crippen molar-refractivity contribution in [3.63, 3.8) is 0 Å². The number of amides is 2. The average Bonchev–Trinajstić information content (AvgIpc) is 3.08. The highest BCUT2D eigenvalue weighted by atomic mass is 32.1. The van der Waals surface area contributed by atoms with Gasteiger partial charge in [0.15, 0.2) is 0 Å². The Kier molecular flexibility index (Phi) is 7.04. The second kappa shape index (κ2) is 9.52. The molecule has 2 rings (SSSR count). The summed E-state index contributed by atoms with van der Waals surface area (Å²) in [7, 11) is 0. The van der Waals surface area contributed by atoms with Crippen LogP contribution in [0.4, 0.5) is 10.5 Å². The van der Waals surface area contributed by atoms with Crippen molar-refractivity contribution in [1.29, 1.82) is 0 Å². The average molecular weight is 344 g/mol. The molecule has 1 aromatic heterocycles. The van der Waals surface area contributed by atoms with Crippen LogP contribution in [0.25, 0.3) is 6.08 Å². The molecule has 6 heteroatoms. The van der Waals surface area contributed by atoms with Crippen molar-refractivity contribution in [2.24, 2.45) is 0 Å². The molecule has 2 aromatic rings. The van der Waals surface area contributed by atoms with E-state index in [1.807, 2.05) is 29.6 Å². The first-order valence-electron chi connectivity index (χ1n) is 7.69. The first kappa shape index (κ1) is 17.7. The molecule has 1 heterocycles. The van der Waals surface area contributed by atoms with E-state index in [4.69, 9.17) is 4.74 Å². The highest BCUT2D eigenvalue weighted by Crippen LogP contribution is 2.11. The second-order valence-corrected chi connectivity index (χ2v) is 5.95. The summed E-state index contributed by atoms with van der Waals surface area (Å²) in [6, 6.07) is 11.0. The second-order valence-electron chi connectivity index (χ2n) is 4.92. The van der Waals surface area contributed by atoms with Crippen LogP contribution in [0.15, 0.2) is 47.9 Å². The molecule has 2 amide bonds. The molecule has 0 bridgehead atoms. The SMILES string of the molecule is CCOC(=O)C=Cc1ccc(NC(=O)NCCc2cccs2)cc1. The zero-order valence-corrected chi connectivity index (χ0v) is 14.3. The number of anilines is 1. The van der Waals surface area contributed by atoms with E-state index in [0.29, 0.717) is 18.8 Å². The van der Waals surface area contributed by atoms with Crippen LogP contribution in [-0.2, 0) is 16.0 Å². The predicted octanol–water partition coefficient (Wildman–Crippen LogP) is 3.69. The molecule has 0 atom stereocenters. The summed E-state index contributed by atoms with van der Waals surface area (Å²) in [5.74, 6) is -0.371. The van der Waals surface area contributed by atoms with Gasteiger partial charge in [-0.1, -0.05) is 18.2 Å². The standard InChI is InChI=1S/C18H20N2O3S/c1-2-23-17(21)10-7-14-5-8-15(9-6-14)20-18(22)19-12-11-16-4-3-13-24-16/h3-10,13H,2,11-12H2,1H3,(H2,19,20,22). The first-order chi connectivity index (χ1) is 11.7. The summed E-state index contributed by atoms with van der Waals surface area (Å²) in [5.41, 5.74) is 1.55. The van der Waals surface area contributed by atoms with Gasteiger partial charge in [0.2, 0.25) is 0 Å². The van der Waals surface area contributed by atoms with E-state index in [1.54, 1.807) is 36.5 Å². The van der Waals surface area contributed by atoms with Crippen LogP contribution in [0, 0.1) is 0 Å². The molecule has 0 saturated heterocycles. The van der Waals surface area contributed by atoms with Crippen molar-refractivity contribution in [2.75, 3.05) is 18.5 Å². The van der Waals surface area contributed by atoms with Crippen molar-refractivity contribution in [1.82, 2.24) is 5.32 Å². The van der Waals surface area contributed by atoms with E-state index < -0.39 is 0 Å². The maximum atomic E-state index is 11.8. The van der Waals surface area contributed by atoms with Crippen molar-refractivity contribution >= 4 is 35.1 Å². The number of benzene rings is 1. The Balaban J connectivity index is 1.76. The van der Waals surface area contributed by atoms with Crippen molar-refractivity contribution < 1.29 is 14.3 Å². The Morgan fingerprint density at radius 2 is 2.00 bits per heavy atom. The van der Waals surface area contributed by atoms with Gasteiger partial charge in [0.1, 0.15) is 0 Å². The quantitative estimate of drug-likeness (QED) is 0.595. The van der Waals surface area contributed by atoms with Crippen LogP contribution in [0.3, 0.4) is 0 Å². The molecule has 126 valence electrons. The summed E-state index contributed by atoms with van der Waals surface area (Å²) >= 11 is 1.68. The minimum atomic E-state index is -0.371. The Morgan fingerprint density at radius 1 is 1.21 bits per heavy atom. The largest absolute Gasteiger partial charge is 0.463 e. The van der Waals surface area contributed by atoms with E-state index in [-0.39, 0.29) is 12.0 Å². The zero-order valence-electron chi connectivity index (χ0n) is 13.5. The molecule has 0 fully saturated rings. The van der Waals surface area contributed by atoms with Gasteiger partial charge in [-0.15, -0.1) is 11.3 Å². The third-order valence-corrected chi connectivity index (χ3v) is 4.04. The third kappa shape index (κ3) is 6.26. The molecule has 1 aromatic carbocycles. The Labute approximate surface area is 145 Å². The maximum absolute atomic E-state index is 11.8. The van der Waals surface area contributed by atoms with Crippen LogP contribution in [0.1, 0.15) is 17.4 Å². The molecular formula is C18H20N2O3S. The number of carbonyl (C=O) groups is 2. The van der Waals surface area contributed by atoms with Gasteiger partial charge in [-0.25, -0.2) is 9.59 Å². The summed E-state index contributed by atoms with van der Waals surface area (Å²) < 4.78 is 4.81. The number of carbonyl (C=O) groups excluding carboxylic acids is 2. The molecule has 2 N–H and O–H groups in total. The highest BCUT2D eigenvalue weighted by molar-refractivity contribution is 7.09. The monoisotopic (exact) mass is 344 g/mol. The summed E-state index contributed by atoms with van der Waals surface area (Å²) in [4.78, 5) is 24.3. The summed E-state index contributed by atoms with van der Waals surface area (Å²) in [5, 5.41) is 7.61. The molecule has 0 unspecified atom stereocenters. The molecule has 5 nitrogen and oxygen atoms in total. The Morgan fingerprint density at radius 3 is 2.67 bits per heavy atom. The number of ether oxygens (including phenoxy) is 1. The summed E-state index contributed by atoms with van der Waals surface area (Å²) in [6.07, 6.45) is 3.87. The lowest BCUT2D eigenvalue weighted by atomic mass is 10.2. The lowest BCUT2D eigenvalue weighted by Gasteiger charge is -2.07. The van der Waals surface area contributed by atoms with Gasteiger partial charge in [0.05, 0.1) is 6.61 Å². The van der Waals surface area contributed by atoms with Gasteiger partial charge in [-0.05, 0) is 48.6 Å². The van der Waals surface area contributed by atoms with E-state index in [0.717, 1.165) is 12.0 Å². The molecule has 0 aliphatic heterocycles. The number of nitrogens with one attached hydrogen (secondary N) is 2. The van der Waals surface area contributed by atoms with Gasteiger partial charge < -0.3 is 15.4 Å². The molecule has 24 heavy (non-hydrogen) atoms. The lowest BCUT2D eigenvalue weighted by molar-refractivity contribution is -0.137. The number of rotatable bonds is 7. The minimum absolute atomic E-state index is 0.235. The molecule has 0 spiro atoms. The van der Waals surface area contributed by atoms with E-state index >= 15 is 0 Å². The first-order valence-corrected chi connectivity index (χ1v) is 8.57. The predicted molar refractivity (Wildman–Crippen MR) is 97.2 cm³/mol. The van der Waals surface area contributed by atoms with E-state index in [2.05, 4.69) is 10.6 Å². The number of urea groups is 1. The lowest BCUT2D eigenvalue weighted by Crippen LogP contribution is -2.30. The van der Waals surface area contributed by atoms with Gasteiger partial charge in [0.25, 0.3) is 0 Å². The smallest absolute Gasteiger partial charge is 0.330 e. The van der Waals surface area contributed by atoms with Gasteiger partial charge in [-0.2, -0.15) is 0 Å². The van der Waals surface area contributed by atoms with Crippen LogP contribution >= 0.6 is 11.3 Å². The molecule has 0 radical (unpaired) electrons. The molecule has 0 aliphatic carbocycles. The molecule has 0 saturated carbocycles. The fraction of sp³-hybridized carbons (Fsp3) is 0.222. The topological polar surface area (TPSA) is 67.4 Å². The number of esters is 1. The third-order valence-electron chi connectivity index (χ3n) is 3.10. The number of thiophene rings is 1. The van der Waals surface area contributed by atoms with Crippen LogP contribution in [-0.4, -0.2) is 25.2 Å². The van der Waals surface area contributed by atoms with Gasteiger partial charge >= 0.3 is 12.0 Å². The van der Waals surface area contributed by atoms with Crippen LogP contribution < -0.4 is 10.6 Å². The normalized spacial score (nSPS) is 10.5. The van der Waals surface area contributed by atoms with Crippen LogP contribution in [0.5, 0.6) is 0 Å². The van der Waals surface area contributed by atoms with Gasteiger partial charge in [0, 0.05) is 23.2 Å². The summed E-state index contributed by atoms with van der Waals surface area (Å²) in [6.45, 7) is 2.71. The molecule has 0 aliphatic rings. The van der Waals surface area contributed by atoms with Crippen LogP contribution in [0.2, 0.25) is 0 Å². The maximum Gasteiger partial charge on any atom is 0.330 e. The number of hydrogen-bond acceptors (Lipinski definition) is 4. The van der Waals surface area contributed by atoms with E-state index in [9.17, 15) is 9.59 Å². The van der Waals surface area contributed by atoms with Crippen molar-refractivity contribution in [3.8, 4) is 0 Å². The van der Waals surface area contributed by atoms with Crippen molar-refractivity contribution in [3.05, 3.63) is 58.3 Å². The number of hydrogen-bond donors (Lipinski definition) is 2. The van der Waals surface area contributed by atoms with Crippen molar-refractivity contribution in [2.45, 2.75) is 13.3 Å². The Hall–Kier alpha value is -2.60. The molecular weight excluding hydrogens is 324 g/mol.